The minimum atomic E-state index is -0.401. The second-order valence-corrected chi connectivity index (χ2v) is 4.38. The van der Waals surface area contributed by atoms with E-state index in [4.69, 9.17) is 0 Å². The summed E-state index contributed by atoms with van der Waals surface area (Å²) < 4.78 is 0. The lowest BCUT2D eigenvalue weighted by Gasteiger charge is -2.06. The van der Waals surface area contributed by atoms with E-state index in [-0.39, 0.29) is 18.2 Å². The Labute approximate surface area is 90.9 Å². The van der Waals surface area contributed by atoms with Gasteiger partial charge in [-0.05, 0) is 6.92 Å². The van der Waals surface area contributed by atoms with Gasteiger partial charge in [0.15, 0.2) is 0 Å². The molecule has 1 unspecified atom stereocenters. The first-order valence-electron chi connectivity index (χ1n) is 4.63. The molecule has 6 heteroatoms. The molecule has 1 aromatic rings. The first-order valence-corrected chi connectivity index (χ1v) is 5.51. The fourth-order valence-electron chi connectivity index (χ4n) is 1.41. The van der Waals surface area contributed by atoms with Crippen molar-refractivity contribution in [2.45, 2.75) is 25.9 Å². The molecule has 2 amide bonds. The highest BCUT2D eigenvalue weighted by Gasteiger charge is 2.29. The largest absolute Gasteiger partial charge is 0.299 e. The Morgan fingerprint density at radius 1 is 1.67 bits per heavy atom. The highest BCUT2D eigenvalue weighted by atomic mass is 32.1. The van der Waals surface area contributed by atoms with Gasteiger partial charge < -0.3 is 0 Å². The van der Waals surface area contributed by atoms with E-state index in [2.05, 4.69) is 15.6 Å². The molecular weight excluding hydrogens is 214 g/mol. The van der Waals surface area contributed by atoms with Crippen LogP contribution < -0.4 is 10.6 Å². The lowest BCUT2D eigenvalue weighted by Crippen LogP contribution is -2.35. The van der Waals surface area contributed by atoms with Gasteiger partial charge in [0.2, 0.25) is 11.8 Å². The first-order chi connectivity index (χ1) is 7.15. The molecule has 1 aromatic heterocycles. The van der Waals surface area contributed by atoms with Crippen LogP contribution in [0.2, 0.25) is 0 Å². The Hall–Kier alpha value is -1.27. The lowest BCUT2D eigenvalue weighted by atomic mass is 10.2. The Morgan fingerprint density at radius 3 is 3.00 bits per heavy atom. The van der Waals surface area contributed by atoms with Crippen LogP contribution in [0.25, 0.3) is 0 Å². The lowest BCUT2D eigenvalue weighted by molar-refractivity contribution is -0.125. The van der Waals surface area contributed by atoms with E-state index in [1.807, 2.05) is 12.3 Å². The number of aromatic nitrogens is 1. The first kappa shape index (κ1) is 10.3. The van der Waals surface area contributed by atoms with Crippen LogP contribution in [0.5, 0.6) is 0 Å². The van der Waals surface area contributed by atoms with E-state index in [1.165, 1.54) is 0 Å². The van der Waals surface area contributed by atoms with Crippen LogP contribution >= 0.6 is 11.3 Å². The fourth-order valence-corrected chi connectivity index (χ4v) is 2.14. The molecule has 80 valence electrons. The molecule has 0 aromatic carbocycles. The van der Waals surface area contributed by atoms with Gasteiger partial charge in [0.05, 0.1) is 12.5 Å². The number of hydrogen-bond acceptors (Lipinski definition) is 5. The van der Waals surface area contributed by atoms with Crippen molar-refractivity contribution in [3.8, 4) is 0 Å². The zero-order chi connectivity index (χ0) is 10.8. The molecule has 2 N–H and O–H groups in total. The van der Waals surface area contributed by atoms with Crippen molar-refractivity contribution >= 4 is 23.2 Å². The van der Waals surface area contributed by atoms with Crippen LogP contribution in [-0.2, 0) is 16.1 Å². The number of imide groups is 1. The van der Waals surface area contributed by atoms with E-state index in [0.29, 0.717) is 6.54 Å². The molecule has 5 nitrogen and oxygen atoms in total. The highest BCUT2D eigenvalue weighted by Crippen LogP contribution is 2.09. The Kier molecular flexibility index (Phi) is 2.79. The van der Waals surface area contributed by atoms with Crippen molar-refractivity contribution in [1.82, 2.24) is 15.6 Å². The zero-order valence-electron chi connectivity index (χ0n) is 8.24. The highest BCUT2D eigenvalue weighted by molar-refractivity contribution is 7.09. The SMILES string of the molecule is Cc1csc(CNC2CC(=O)NC2=O)n1. The summed E-state index contributed by atoms with van der Waals surface area (Å²) in [4.78, 5) is 26.3. The van der Waals surface area contributed by atoms with Gasteiger partial charge in [-0.1, -0.05) is 0 Å². The van der Waals surface area contributed by atoms with E-state index in [9.17, 15) is 9.59 Å². The van der Waals surface area contributed by atoms with Crippen molar-refractivity contribution in [2.24, 2.45) is 0 Å². The molecule has 0 spiro atoms. The van der Waals surface area contributed by atoms with Crippen LogP contribution in [0.1, 0.15) is 17.1 Å². The van der Waals surface area contributed by atoms with Crippen LogP contribution in [0.15, 0.2) is 5.38 Å². The minimum Gasteiger partial charge on any atom is -0.299 e. The molecule has 1 aliphatic heterocycles. The number of nitrogens with one attached hydrogen (secondary N) is 2. The van der Waals surface area contributed by atoms with Crippen LogP contribution in [0.3, 0.4) is 0 Å². The van der Waals surface area contributed by atoms with Gasteiger partial charge in [-0.3, -0.25) is 20.2 Å². The average Bonchev–Trinajstić information content (AvgIpc) is 2.70. The number of nitrogens with zero attached hydrogens (tertiary/aromatic N) is 1. The Morgan fingerprint density at radius 2 is 2.47 bits per heavy atom. The number of carbonyl (C=O) groups excluding carboxylic acids is 2. The molecule has 2 rings (SSSR count). The van der Waals surface area contributed by atoms with E-state index >= 15 is 0 Å². The van der Waals surface area contributed by atoms with Gasteiger partial charge in [-0.25, -0.2) is 4.98 Å². The number of thiazole rings is 1. The van der Waals surface area contributed by atoms with Crippen molar-refractivity contribution in [3.05, 3.63) is 16.1 Å². The topological polar surface area (TPSA) is 71.1 Å². The number of hydrogen-bond donors (Lipinski definition) is 2. The molecule has 15 heavy (non-hydrogen) atoms. The summed E-state index contributed by atoms with van der Waals surface area (Å²) in [5.74, 6) is -0.457. The maximum atomic E-state index is 11.2. The number of amides is 2. The maximum Gasteiger partial charge on any atom is 0.244 e. The maximum absolute atomic E-state index is 11.2. The molecule has 1 saturated heterocycles. The standard InChI is InChI=1S/C9H11N3O2S/c1-5-4-15-8(11-5)3-10-6-2-7(13)12-9(6)14/h4,6,10H,2-3H2,1H3,(H,12,13,14). The molecule has 2 heterocycles. The Balaban J connectivity index is 1.88. The van der Waals surface area contributed by atoms with Crippen LogP contribution in [-0.4, -0.2) is 22.8 Å². The molecular formula is C9H11N3O2S. The third kappa shape index (κ3) is 2.40. The van der Waals surface area contributed by atoms with Gasteiger partial charge in [-0.15, -0.1) is 11.3 Å². The van der Waals surface area contributed by atoms with Crippen molar-refractivity contribution in [1.29, 1.82) is 0 Å². The van der Waals surface area contributed by atoms with Crippen molar-refractivity contribution in [2.75, 3.05) is 0 Å². The summed E-state index contributed by atoms with van der Waals surface area (Å²) in [7, 11) is 0. The van der Waals surface area contributed by atoms with E-state index < -0.39 is 6.04 Å². The van der Waals surface area contributed by atoms with Crippen LogP contribution in [0.4, 0.5) is 0 Å². The summed E-state index contributed by atoms with van der Waals surface area (Å²) in [5, 5.41) is 8.14. The molecule has 1 fully saturated rings. The quantitative estimate of drug-likeness (QED) is 0.708. The van der Waals surface area contributed by atoms with Gasteiger partial charge in [0, 0.05) is 17.6 Å². The third-order valence-electron chi connectivity index (χ3n) is 2.13. The number of aryl methyl sites for hydroxylation is 1. The van der Waals surface area contributed by atoms with Crippen LogP contribution in [0, 0.1) is 6.92 Å². The molecule has 0 aliphatic carbocycles. The summed E-state index contributed by atoms with van der Waals surface area (Å²) in [6.07, 6.45) is 0.225. The molecule has 0 bridgehead atoms. The third-order valence-corrected chi connectivity index (χ3v) is 3.10. The predicted molar refractivity (Wildman–Crippen MR) is 55.2 cm³/mol. The van der Waals surface area contributed by atoms with Crippen molar-refractivity contribution < 1.29 is 9.59 Å². The van der Waals surface area contributed by atoms with E-state index in [0.717, 1.165) is 10.7 Å². The summed E-state index contributed by atoms with van der Waals surface area (Å²) in [6.45, 7) is 2.45. The summed E-state index contributed by atoms with van der Waals surface area (Å²) in [5.41, 5.74) is 0.976. The second kappa shape index (κ2) is 4.08. The average molecular weight is 225 g/mol. The molecule has 1 atom stereocenters. The monoisotopic (exact) mass is 225 g/mol. The number of rotatable bonds is 3. The Bertz CT molecular complexity index is 402. The van der Waals surface area contributed by atoms with Crippen molar-refractivity contribution in [3.63, 3.8) is 0 Å². The van der Waals surface area contributed by atoms with Gasteiger partial charge in [-0.2, -0.15) is 0 Å². The molecule has 1 aliphatic rings. The number of carbonyl (C=O) groups is 2. The predicted octanol–water partition coefficient (Wildman–Crippen LogP) is -0.0438. The minimum absolute atomic E-state index is 0.215. The zero-order valence-corrected chi connectivity index (χ0v) is 9.06. The van der Waals surface area contributed by atoms with Gasteiger partial charge in [0.25, 0.3) is 0 Å². The van der Waals surface area contributed by atoms with Gasteiger partial charge in [0.1, 0.15) is 5.01 Å². The van der Waals surface area contributed by atoms with E-state index in [1.54, 1.807) is 11.3 Å². The fraction of sp³-hybridized carbons (Fsp3) is 0.444. The molecule has 0 saturated carbocycles. The second-order valence-electron chi connectivity index (χ2n) is 3.43. The van der Waals surface area contributed by atoms with Gasteiger partial charge >= 0.3 is 0 Å². The summed E-state index contributed by atoms with van der Waals surface area (Å²) >= 11 is 1.54. The normalized spacial score (nSPS) is 20.7. The summed E-state index contributed by atoms with van der Waals surface area (Å²) in [6, 6.07) is -0.401. The molecule has 0 radical (unpaired) electrons. The smallest absolute Gasteiger partial charge is 0.244 e.